The van der Waals surface area contributed by atoms with Crippen LogP contribution in [-0.2, 0) is 14.8 Å². The van der Waals surface area contributed by atoms with E-state index < -0.39 is 15.9 Å². The Labute approximate surface area is 156 Å². The summed E-state index contributed by atoms with van der Waals surface area (Å²) in [5.41, 5.74) is 1.00. The van der Waals surface area contributed by atoms with Gasteiger partial charge in [0.2, 0.25) is 15.9 Å². The van der Waals surface area contributed by atoms with Gasteiger partial charge in [0.25, 0.3) is 0 Å². The Hall–Kier alpha value is -2.06. The third-order valence-corrected chi connectivity index (χ3v) is 5.75. The largest absolute Gasteiger partial charge is 0.497 e. The molecule has 0 unspecified atom stereocenters. The SMILES string of the molecule is CCS(=O)(=O)N(CC(=O)Nc1ccc(Br)cc1)c1ccc(OC)cc1. The van der Waals surface area contributed by atoms with Crippen molar-refractivity contribution in [2.75, 3.05) is 29.0 Å². The zero-order valence-corrected chi connectivity index (χ0v) is 16.3. The molecule has 2 rings (SSSR count). The number of methoxy groups -OCH3 is 1. The molecule has 0 bridgehead atoms. The predicted octanol–water partition coefficient (Wildman–Crippen LogP) is 3.25. The first-order valence-corrected chi connectivity index (χ1v) is 9.96. The van der Waals surface area contributed by atoms with Crippen LogP contribution in [-0.4, -0.2) is 33.7 Å². The molecule has 0 fully saturated rings. The number of halogens is 1. The third kappa shape index (κ3) is 5.20. The number of hydrogen-bond acceptors (Lipinski definition) is 4. The molecule has 0 aliphatic heterocycles. The molecule has 25 heavy (non-hydrogen) atoms. The van der Waals surface area contributed by atoms with Crippen LogP contribution >= 0.6 is 15.9 Å². The molecule has 1 amide bonds. The second-order valence-electron chi connectivity index (χ2n) is 5.16. The van der Waals surface area contributed by atoms with Crippen molar-refractivity contribution >= 4 is 43.2 Å². The fraction of sp³-hybridized carbons (Fsp3) is 0.235. The average molecular weight is 427 g/mol. The molecule has 0 heterocycles. The van der Waals surface area contributed by atoms with Crippen molar-refractivity contribution in [3.63, 3.8) is 0 Å². The third-order valence-electron chi connectivity index (χ3n) is 3.48. The van der Waals surface area contributed by atoms with Gasteiger partial charge in [0.15, 0.2) is 0 Å². The number of nitrogens with one attached hydrogen (secondary N) is 1. The second kappa shape index (κ2) is 8.35. The normalized spacial score (nSPS) is 11.0. The Kier molecular flexibility index (Phi) is 6.44. The highest BCUT2D eigenvalue weighted by Crippen LogP contribution is 2.22. The fourth-order valence-electron chi connectivity index (χ4n) is 2.12. The maximum absolute atomic E-state index is 12.4. The van der Waals surface area contributed by atoms with Crippen molar-refractivity contribution < 1.29 is 17.9 Å². The molecule has 134 valence electrons. The van der Waals surface area contributed by atoms with E-state index in [4.69, 9.17) is 4.74 Å². The lowest BCUT2D eigenvalue weighted by atomic mass is 10.3. The van der Waals surface area contributed by atoms with Crippen LogP contribution in [0.3, 0.4) is 0 Å². The van der Waals surface area contributed by atoms with Gasteiger partial charge in [0.05, 0.1) is 18.6 Å². The molecule has 2 aromatic carbocycles. The van der Waals surface area contributed by atoms with E-state index in [1.54, 1.807) is 55.5 Å². The Bertz CT molecular complexity index is 821. The molecule has 8 heteroatoms. The molecule has 0 aliphatic rings. The van der Waals surface area contributed by atoms with Gasteiger partial charge in [-0.05, 0) is 55.5 Å². The topological polar surface area (TPSA) is 75.7 Å². The number of carbonyl (C=O) groups excluding carboxylic acids is 1. The molecule has 0 aromatic heterocycles. The zero-order chi connectivity index (χ0) is 18.4. The monoisotopic (exact) mass is 426 g/mol. The molecular weight excluding hydrogens is 408 g/mol. The van der Waals surface area contributed by atoms with Crippen LogP contribution in [0.15, 0.2) is 53.0 Å². The van der Waals surface area contributed by atoms with E-state index in [1.165, 1.54) is 7.11 Å². The minimum absolute atomic E-state index is 0.107. The average Bonchev–Trinajstić information content (AvgIpc) is 2.61. The summed E-state index contributed by atoms with van der Waals surface area (Å²) in [6.07, 6.45) is 0. The number of benzene rings is 2. The minimum atomic E-state index is -3.60. The summed E-state index contributed by atoms with van der Waals surface area (Å²) in [6, 6.07) is 13.6. The van der Waals surface area contributed by atoms with Gasteiger partial charge in [-0.2, -0.15) is 0 Å². The highest BCUT2D eigenvalue weighted by atomic mass is 79.9. The van der Waals surface area contributed by atoms with Crippen LogP contribution in [0, 0.1) is 0 Å². The highest BCUT2D eigenvalue weighted by molar-refractivity contribution is 9.10. The van der Waals surface area contributed by atoms with E-state index in [-0.39, 0.29) is 12.3 Å². The molecule has 0 saturated carbocycles. The van der Waals surface area contributed by atoms with Gasteiger partial charge in [-0.15, -0.1) is 0 Å². The molecule has 2 aromatic rings. The van der Waals surface area contributed by atoms with Crippen LogP contribution < -0.4 is 14.4 Å². The van der Waals surface area contributed by atoms with Gasteiger partial charge in [-0.25, -0.2) is 8.42 Å². The van der Waals surface area contributed by atoms with Crippen LogP contribution in [0.25, 0.3) is 0 Å². The van der Waals surface area contributed by atoms with Crippen molar-refractivity contribution in [1.82, 2.24) is 0 Å². The first kappa shape index (κ1) is 19.3. The number of carbonyl (C=O) groups is 1. The Balaban J connectivity index is 2.20. The fourth-order valence-corrected chi connectivity index (χ4v) is 3.45. The van der Waals surface area contributed by atoms with Gasteiger partial charge in [-0.1, -0.05) is 15.9 Å². The van der Waals surface area contributed by atoms with Crippen LogP contribution in [0.5, 0.6) is 5.75 Å². The van der Waals surface area contributed by atoms with Crippen molar-refractivity contribution in [3.05, 3.63) is 53.0 Å². The molecule has 0 atom stereocenters. The number of ether oxygens (including phenoxy) is 1. The number of hydrogen-bond donors (Lipinski definition) is 1. The summed E-state index contributed by atoms with van der Waals surface area (Å²) in [7, 11) is -2.07. The van der Waals surface area contributed by atoms with E-state index in [9.17, 15) is 13.2 Å². The maximum atomic E-state index is 12.4. The van der Waals surface area contributed by atoms with Gasteiger partial charge >= 0.3 is 0 Å². The first-order chi connectivity index (χ1) is 11.9. The van der Waals surface area contributed by atoms with Crippen molar-refractivity contribution in [2.45, 2.75) is 6.92 Å². The van der Waals surface area contributed by atoms with E-state index in [0.717, 1.165) is 8.78 Å². The molecule has 6 nitrogen and oxygen atoms in total. The smallest absolute Gasteiger partial charge is 0.245 e. The first-order valence-electron chi connectivity index (χ1n) is 7.55. The van der Waals surface area contributed by atoms with Crippen LogP contribution in [0.2, 0.25) is 0 Å². The maximum Gasteiger partial charge on any atom is 0.245 e. The standard InChI is InChI=1S/C17H19BrN2O4S/c1-3-25(22,23)20(15-8-10-16(24-2)11-9-15)12-17(21)19-14-6-4-13(18)5-7-14/h4-11H,3,12H2,1-2H3,(H,19,21). The highest BCUT2D eigenvalue weighted by Gasteiger charge is 2.23. The van der Waals surface area contributed by atoms with Crippen LogP contribution in [0.4, 0.5) is 11.4 Å². The lowest BCUT2D eigenvalue weighted by molar-refractivity contribution is -0.114. The number of rotatable bonds is 7. The van der Waals surface area contributed by atoms with Gasteiger partial charge in [-0.3, -0.25) is 9.10 Å². The summed E-state index contributed by atoms with van der Waals surface area (Å²) in [4.78, 5) is 12.3. The lowest BCUT2D eigenvalue weighted by Gasteiger charge is -2.23. The number of sulfonamides is 1. The van der Waals surface area contributed by atoms with Crippen molar-refractivity contribution in [3.8, 4) is 5.75 Å². The lowest BCUT2D eigenvalue weighted by Crippen LogP contribution is -2.39. The number of nitrogens with zero attached hydrogens (tertiary/aromatic N) is 1. The second-order valence-corrected chi connectivity index (χ2v) is 8.26. The van der Waals surface area contributed by atoms with E-state index in [1.807, 2.05) is 0 Å². The quantitative estimate of drug-likeness (QED) is 0.736. The Morgan fingerprint density at radius 1 is 1.12 bits per heavy atom. The van der Waals surface area contributed by atoms with Crippen LogP contribution in [0.1, 0.15) is 6.92 Å². The van der Waals surface area contributed by atoms with E-state index in [0.29, 0.717) is 17.1 Å². The molecular formula is C17H19BrN2O4S. The predicted molar refractivity (Wildman–Crippen MR) is 103 cm³/mol. The molecule has 0 radical (unpaired) electrons. The Morgan fingerprint density at radius 3 is 2.24 bits per heavy atom. The van der Waals surface area contributed by atoms with E-state index in [2.05, 4.69) is 21.2 Å². The summed E-state index contributed by atoms with van der Waals surface area (Å²) >= 11 is 3.32. The van der Waals surface area contributed by atoms with Crippen molar-refractivity contribution in [1.29, 1.82) is 0 Å². The number of amides is 1. The molecule has 0 spiro atoms. The molecule has 1 N–H and O–H groups in total. The summed E-state index contributed by atoms with van der Waals surface area (Å²) in [5.74, 6) is 0.0806. The Morgan fingerprint density at radius 2 is 1.72 bits per heavy atom. The van der Waals surface area contributed by atoms with E-state index >= 15 is 0 Å². The van der Waals surface area contributed by atoms with Gasteiger partial charge < -0.3 is 10.1 Å². The zero-order valence-electron chi connectivity index (χ0n) is 13.9. The summed E-state index contributed by atoms with van der Waals surface area (Å²) < 4.78 is 31.9. The number of anilines is 2. The van der Waals surface area contributed by atoms with Gasteiger partial charge in [0, 0.05) is 10.2 Å². The summed E-state index contributed by atoms with van der Waals surface area (Å²) in [6.45, 7) is 1.23. The van der Waals surface area contributed by atoms with Gasteiger partial charge in [0.1, 0.15) is 12.3 Å². The minimum Gasteiger partial charge on any atom is -0.497 e. The molecule has 0 aliphatic carbocycles. The summed E-state index contributed by atoms with van der Waals surface area (Å²) in [5, 5.41) is 2.70. The molecule has 0 saturated heterocycles. The van der Waals surface area contributed by atoms with Crippen molar-refractivity contribution in [2.24, 2.45) is 0 Å².